The lowest BCUT2D eigenvalue weighted by molar-refractivity contribution is -0.134. The number of likely N-dealkylation sites (tertiary alicyclic amines) is 1. The minimum absolute atomic E-state index is 0.0727. The van der Waals surface area contributed by atoms with Crippen molar-refractivity contribution in [2.75, 3.05) is 26.7 Å². The van der Waals surface area contributed by atoms with Crippen LogP contribution < -0.4 is 4.74 Å². The molecule has 5 rings (SSSR count). The summed E-state index contributed by atoms with van der Waals surface area (Å²) in [6.45, 7) is 2.42. The van der Waals surface area contributed by atoms with E-state index >= 15 is 0 Å². The molecule has 5 nitrogen and oxygen atoms in total. The van der Waals surface area contributed by atoms with E-state index < -0.39 is 0 Å². The molecule has 3 aromatic rings. The van der Waals surface area contributed by atoms with Gasteiger partial charge in [0.25, 0.3) is 5.91 Å². The summed E-state index contributed by atoms with van der Waals surface area (Å²) in [5, 5.41) is 8.99. The zero-order valence-corrected chi connectivity index (χ0v) is 18.5. The largest absolute Gasteiger partial charge is 0.497 e. The first kappa shape index (κ1) is 20.7. The van der Waals surface area contributed by atoms with Crippen LogP contribution in [0.25, 0.3) is 10.8 Å². The molecule has 3 aromatic carbocycles. The lowest BCUT2D eigenvalue weighted by Gasteiger charge is -2.29. The molecule has 1 fully saturated rings. The fourth-order valence-electron chi connectivity index (χ4n) is 4.75. The third kappa shape index (κ3) is 4.26. The first-order valence-electron chi connectivity index (χ1n) is 11.5. The highest BCUT2D eigenvalue weighted by atomic mass is 16.5. The monoisotopic (exact) mass is 427 g/mol. The van der Waals surface area contributed by atoms with E-state index in [0.717, 1.165) is 35.7 Å². The summed E-state index contributed by atoms with van der Waals surface area (Å²) >= 11 is 0. The van der Waals surface area contributed by atoms with Crippen molar-refractivity contribution in [3.05, 3.63) is 77.9 Å². The highest BCUT2D eigenvalue weighted by Gasteiger charge is 2.34. The molecule has 2 heterocycles. The molecule has 32 heavy (non-hydrogen) atoms. The van der Waals surface area contributed by atoms with Crippen LogP contribution in [0.3, 0.4) is 0 Å². The Labute approximate surface area is 189 Å². The lowest BCUT2D eigenvalue weighted by atomic mass is 9.97. The Morgan fingerprint density at radius 1 is 0.969 bits per heavy atom. The number of methoxy groups -OCH3 is 1. The second-order valence-electron chi connectivity index (χ2n) is 8.68. The number of ether oxygens (including phenoxy) is 1. The van der Waals surface area contributed by atoms with E-state index in [4.69, 9.17) is 9.84 Å². The summed E-state index contributed by atoms with van der Waals surface area (Å²) in [5.41, 5.74) is 3.12. The summed E-state index contributed by atoms with van der Waals surface area (Å²) in [6.07, 6.45) is 4.30. The highest BCUT2D eigenvalue weighted by Crippen LogP contribution is 2.34. The quantitative estimate of drug-likeness (QED) is 0.575. The molecule has 2 aliphatic rings. The van der Waals surface area contributed by atoms with Crippen LogP contribution in [0.15, 0.2) is 71.8 Å². The highest BCUT2D eigenvalue weighted by molar-refractivity contribution is 6.05. The van der Waals surface area contributed by atoms with Gasteiger partial charge in [-0.1, -0.05) is 55.0 Å². The Morgan fingerprint density at radius 2 is 1.72 bits per heavy atom. The standard InChI is InChI=1S/C27H29N3O2/c1-32-24-13-11-21(12-14-24)26-18-25(23-10-9-20-7-3-4-8-22(20)17-23)28-30(26)27(31)19-29-15-5-2-6-16-29/h3-4,7-14,17,26H,2,5-6,15-16,18-19H2,1H3. The Morgan fingerprint density at radius 3 is 2.47 bits per heavy atom. The van der Waals surface area contributed by atoms with Crippen LogP contribution in [-0.2, 0) is 4.79 Å². The van der Waals surface area contributed by atoms with E-state index in [-0.39, 0.29) is 11.9 Å². The smallest absolute Gasteiger partial charge is 0.257 e. The Kier molecular flexibility index (Phi) is 5.91. The molecule has 0 aromatic heterocycles. The zero-order valence-electron chi connectivity index (χ0n) is 18.5. The molecule has 1 amide bonds. The van der Waals surface area contributed by atoms with E-state index in [1.54, 1.807) is 12.1 Å². The molecule has 1 saturated heterocycles. The SMILES string of the molecule is COc1ccc(C2CC(c3ccc4ccccc4c3)=NN2C(=O)CN2CCCCC2)cc1. The maximum Gasteiger partial charge on any atom is 0.257 e. The molecule has 5 heteroatoms. The number of hydrogen-bond acceptors (Lipinski definition) is 4. The average molecular weight is 428 g/mol. The van der Waals surface area contributed by atoms with Gasteiger partial charge in [0.05, 0.1) is 25.4 Å². The minimum Gasteiger partial charge on any atom is -0.497 e. The number of hydrazone groups is 1. The van der Waals surface area contributed by atoms with E-state index in [2.05, 4.69) is 47.4 Å². The molecular weight excluding hydrogens is 398 g/mol. The van der Waals surface area contributed by atoms with Crippen LogP contribution in [0.5, 0.6) is 5.75 Å². The van der Waals surface area contributed by atoms with Gasteiger partial charge < -0.3 is 4.74 Å². The van der Waals surface area contributed by atoms with Gasteiger partial charge in [0.2, 0.25) is 0 Å². The average Bonchev–Trinajstić information content (AvgIpc) is 3.30. The fourth-order valence-corrected chi connectivity index (χ4v) is 4.75. The summed E-state index contributed by atoms with van der Waals surface area (Å²) in [7, 11) is 1.67. The molecule has 0 N–H and O–H groups in total. The van der Waals surface area contributed by atoms with Gasteiger partial charge in [-0.25, -0.2) is 5.01 Å². The number of rotatable bonds is 5. The number of amides is 1. The third-order valence-corrected chi connectivity index (χ3v) is 6.56. The van der Waals surface area contributed by atoms with Gasteiger partial charge in [-0.15, -0.1) is 0 Å². The Balaban J connectivity index is 1.45. The minimum atomic E-state index is -0.0975. The van der Waals surface area contributed by atoms with E-state index in [1.807, 2.05) is 24.3 Å². The van der Waals surface area contributed by atoms with Gasteiger partial charge in [0.15, 0.2) is 0 Å². The van der Waals surface area contributed by atoms with Gasteiger partial charge >= 0.3 is 0 Å². The van der Waals surface area contributed by atoms with Crippen LogP contribution in [0.1, 0.15) is 42.9 Å². The van der Waals surface area contributed by atoms with Crippen molar-refractivity contribution in [3.8, 4) is 5.75 Å². The third-order valence-electron chi connectivity index (χ3n) is 6.56. The maximum atomic E-state index is 13.4. The first-order valence-corrected chi connectivity index (χ1v) is 11.5. The van der Waals surface area contributed by atoms with E-state index in [1.165, 1.54) is 30.0 Å². The van der Waals surface area contributed by atoms with E-state index in [9.17, 15) is 4.79 Å². The van der Waals surface area contributed by atoms with Gasteiger partial charge in [-0.05, 0) is 66.0 Å². The second-order valence-corrected chi connectivity index (χ2v) is 8.68. The summed E-state index contributed by atoms with van der Waals surface area (Å²) < 4.78 is 5.32. The number of carbonyl (C=O) groups is 1. The van der Waals surface area contributed by atoms with E-state index in [0.29, 0.717) is 13.0 Å². The fraction of sp³-hybridized carbons (Fsp3) is 0.333. The summed E-state index contributed by atoms with van der Waals surface area (Å²) in [4.78, 5) is 15.6. The van der Waals surface area contributed by atoms with Crippen LogP contribution in [-0.4, -0.2) is 48.3 Å². The first-order chi connectivity index (χ1) is 15.7. The number of hydrogen-bond donors (Lipinski definition) is 0. The topological polar surface area (TPSA) is 45.1 Å². The van der Waals surface area contributed by atoms with Crippen LogP contribution >= 0.6 is 0 Å². The van der Waals surface area contributed by atoms with Crippen molar-refractivity contribution in [2.45, 2.75) is 31.7 Å². The molecule has 0 radical (unpaired) electrons. The van der Waals surface area contributed by atoms with Gasteiger partial charge in [-0.3, -0.25) is 9.69 Å². The number of benzene rings is 3. The van der Waals surface area contributed by atoms with Crippen LogP contribution in [0.2, 0.25) is 0 Å². The molecule has 1 unspecified atom stereocenters. The van der Waals surface area contributed by atoms with Crippen molar-refractivity contribution in [1.29, 1.82) is 0 Å². The van der Waals surface area contributed by atoms with Gasteiger partial charge in [-0.2, -0.15) is 5.10 Å². The molecular formula is C27H29N3O2. The predicted molar refractivity (Wildman–Crippen MR) is 128 cm³/mol. The number of carbonyl (C=O) groups excluding carboxylic acids is 1. The van der Waals surface area contributed by atoms with Crippen LogP contribution in [0.4, 0.5) is 0 Å². The normalized spacial score (nSPS) is 19.2. The Bertz CT molecular complexity index is 1130. The van der Waals surface area contributed by atoms with Crippen molar-refractivity contribution >= 4 is 22.4 Å². The number of piperidine rings is 1. The van der Waals surface area contributed by atoms with Gasteiger partial charge in [0, 0.05) is 6.42 Å². The Hall–Kier alpha value is -3.18. The number of fused-ring (bicyclic) bond motifs is 1. The van der Waals surface area contributed by atoms with Gasteiger partial charge in [0.1, 0.15) is 5.75 Å². The predicted octanol–water partition coefficient (Wildman–Crippen LogP) is 5.01. The molecule has 0 aliphatic carbocycles. The van der Waals surface area contributed by atoms with Crippen molar-refractivity contribution in [2.24, 2.45) is 5.10 Å². The van der Waals surface area contributed by atoms with Crippen molar-refractivity contribution in [3.63, 3.8) is 0 Å². The number of nitrogens with zero attached hydrogens (tertiary/aromatic N) is 3. The van der Waals surface area contributed by atoms with Crippen LogP contribution in [0, 0.1) is 0 Å². The lowest BCUT2D eigenvalue weighted by Crippen LogP contribution is -2.40. The zero-order chi connectivity index (χ0) is 21.9. The van der Waals surface area contributed by atoms with Crippen molar-refractivity contribution in [1.82, 2.24) is 9.91 Å². The molecule has 0 saturated carbocycles. The molecule has 1 atom stereocenters. The molecule has 2 aliphatic heterocycles. The summed E-state index contributed by atoms with van der Waals surface area (Å²) in [5.74, 6) is 0.886. The maximum absolute atomic E-state index is 13.4. The van der Waals surface area contributed by atoms with Crippen molar-refractivity contribution < 1.29 is 9.53 Å². The molecule has 164 valence electrons. The summed E-state index contributed by atoms with van der Waals surface area (Å²) in [6, 6.07) is 22.7. The molecule has 0 bridgehead atoms. The second kappa shape index (κ2) is 9.13. The molecule has 0 spiro atoms.